The van der Waals surface area contributed by atoms with E-state index in [4.69, 9.17) is 15.1 Å². The van der Waals surface area contributed by atoms with Gasteiger partial charge in [0, 0.05) is 12.6 Å². The Hall–Kier alpha value is -1.51. The molecule has 0 amide bonds. The van der Waals surface area contributed by atoms with Crippen LogP contribution >= 0.6 is 0 Å². The highest BCUT2D eigenvalue weighted by molar-refractivity contribution is 5.28. The van der Waals surface area contributed by atoms with Crippen molar-refractivity contribution in [1.29, 1.82) is 0 Å². The summed E-state index contributed by atoms with van der Waals surface area (Å²) in [6, 6.07) is 1.35. The highest BCUT2D eigenvalue weighted by Gasteiger charge is 2.36. The van der Waals surface area contributed by atoms with E-state index < -0.39 is 30.8 Å². The van der Waals surface area contributed by atoms with Gasteiger partial charge in [-0.3, -0.25) is 15.3 Å². The molecule has 2 heterocycles. The number of hydrogen-bond donors (Lipinski definition) is 3. The maximum atomic E-state index is 13.3. The van der Waals surface area contributed by atoms with Gasteiger partial charge in [-0.1, -0.05) is 0 Å². The number of hydrogen-bond acceptors (Lipinski definition) is 6. The lowest BCUT2D eigenvalue weighted by atomic mass is 10.2. The first-order valence-electron chi connectivity index (χ1n) is 5.05. The van der Waals surface area contributed by atoms with Crippen molar-refractivity contribution in [2.45, 2.75) is 24.9 Å². The minimum absolute atomic E-state index is 0.000228. The standard InChI is InChI=1S/C9H12FN3O4/c10-5-3-8(17-6(5)4-14)13-2-1-7(12-16)11-9(13)15/h1-2,5-6,8,14,16H,3-4H2,(H,11,12,15). The molecule has 0 bridgehead atoms. The van der Waals surface area contributed by atoms with Crippen LogP contribution in [0.4, 0.5) is 10.2 Å². The summed E-state index contributed by atoms with van der Waals surface area (Å²) in [6.07, 6.45) is -1.69. The van der Waals surface area contributed by atoms with E-state index in [0.717, 1.165) is 4.57 Å². The van der Waals surface area contributed by atoms with Gasteiger partial charge in [0.1, 0.15) is 18.5 Å². The van der Waals surface area contributed by atoms with E-state index in [1.54, 1.807) is 5.48 Å². The van der Waals surface area contributed by atoms with Crippen molar-refractivity contribution in [3.8, 4) is 0 Å². The molecule has 17 heavy (non-hydrogen) atoms. The zero-order valence-electron chi connectivity index (χ0n) is 8.78. The van der Waals surface area contributed by atoms with Crippen molar-refractivity contribution in [2.24, 2.45) is 0 Å². The number of halogens is 1. The first-order valence-corrected chi connectivity index (χ1v) is 5.05. The molecule has 3 N–H and O–H groups in total. The largest absolute Gasteiger partial charge is 0.394 e. The Balaban J connectivity index is 2.22. The molecule has 7 nitrogen and oxygen atoms in total. The first kappa shape index (κ1) is 12.0. The molecular formula is C9H12FN3O4. The predicted octanol–water partition coefficient (Wildman–Crippen LogP) is -0.338. The highest BCUT2D eigenvalue weighted by Crippen LogP contribution is 2.29. The van der Waals surface area contributed by atoms with Gasteiger partial charge in [0.25, 0.3) is 0 Å². The van der Waals surface area contributed by atoms with E-state index in [9.17, 15) is 9.18 Å². The minimum atomic E-state index is -1.31. The Bertz CT molecular complexity index is 452. The summed E-state index contributed by atoms with van der Waals surface area (Å²) in [4.78, 5) is 15.0. The molecule has 1 aliphatic heterocycles. The van der Waals surface area contributed by atoms with Crippen molar-refractivity contribution in [3.05, 3.63) is 22.7 Å². The third-order valence-electron chi connectivity index (χ3n) is 2.60. The van der Waals surface area contributed by atoms with Crippen LogP contribution in [0.15, 0.2) is 17.1 Å². The average molecular weight is 245 g/mol. The fourth-order valence-corrected chi connectivity index (χ4v) is 1.72. The van der Waals surface area contributed by atoms with E-state index in [1.165, 1.54) is 12.3 Å². The van der Waals surface area contributed by atoms with Gasteiger partial charge in [-0.2, -0.15) is 4.98 Å². The van der Waals surface area contributed by atoms with Gasteiger partial charge in [0.15, 0.2) is 5.82 Å². The first-order chi connectivity index (χ1) is 8.15. The molecule has 1 aromatic rings. The van der Waals surface area contributed by atoms with Crippen molar-refractivity contribution < 1.29 is 19.4 Å². The molecule has 0 saturated carbocycles. The summed E-state index contributed by atoms with van der Waals surface area (Å²) < 4.78 is 19.6. The number of aliphatic hydroxyl groups is 1. The number of rotatable bonds is 3. The maximum absolute atomic E-state index is 13.3. The van der Waals surface area contributed by atoms with Crippen LogP contribution in [0.1, 0.15) is 12.6 Å². The molecular weight excluding hydrogens is 233 g/mol. The van der Waals surface area contributed by atoms with Gasteiger partial charge >= 0.3 is 5.69 Å². The van der Waals surface area contributed by atoms with Gasteiger partial charge in [0.2, 0.25) is 0 Å². The molecule has 1 saturated heterocycles. The molecule has 3 unspecified atom stereocenters. The lowest BCUT2D eigenvalue weighted by Crippen LogP contribution is -2.27. The van der Waals surface area contributed by atoms with Crippen molar-refractivity contribution in [1.82, 2.24) is 9.55 Å². The monoisotopic (exact) mass is 245 g/mol. The van der Waals surface area contributed by atoms with Crippen LogP contribution in [0.25, 0.3) is 0 Å². The Morgan fingerprint density at radius 1 is 1.71 bits per heavy atom. The lowest BCUT2D eigenvalue weighted by Gasteiger charge is -2.14. The summed E-state index contributed by atoms with van der Waals surface area (Å²) in [5.41, 5.74) is 1.07. The summed E-state index contributed by atoms with van der Waals surface area (Å²) in [7, 11) is 0. The predicted molar refractivity (Wildman–Crippen MR) is 54.4 cm³/mol. The second-order valence-corrected chi connectivity index (χ2v) is 3.68. The third-order valence-corrected chi connectivity index (χ3v) is 2.60. The van der Waals surface area contributed by atoms with Crippen molar-refractivity contribution >= 4 is 5.82 Å². The van der Waals surface area contributed by atoms with Gasteiger partial charge < -0.3 is 9.84 Å². The summed E-state index contributed by atoms with van der Waals surface area (Å²) in [6.45, 7) is -0.434. The highest BCUT2D eigenvalue weighted by atomic mass is 19.1. The second kappa shape index (κ2) is 4.78. The topological polar surface area (TPSA) is 96.6 Å². The minimum Gasteiger partial charge on any atom is -0.394 e. The Morgan fingerprint density at radius 2 is 2.47 bits per heavy atom. The SMILES string of the molecule is O=c1nc(NO)ccn1C1CC(F)C(CO)O1. The number of ether oxygens (including phenoxy) is 1. The van der Waals surface area contributed by atoms with E-state index in [-0.39, 0.29) is 12.2 Å². The van der Waals surface area contributed by atoms with E-state index in [2.05, 4.69) is 4.98 Å². The van der Waals surface area contributed by atoms with E-state index in [0.29, 0.717) is 0 Å². The molecule has 1 fully saturated rings. The lowest BCUT2D eigenvalue weighted by molar-refractivity contribution is -0.0355. The fourth-order valence-electron chi connectivity index (χ4n) is 1.72. The van der Waals surface area contributed by atoms with Crippen LogP contribution in [0.3, 0.4) is 0 Å². The number of nitrogens with one attached hydrogen (secondary N) is 1. The normalized spacial score (nSPS) is 28.3. The Morgan fingerprint density at radius 3 is 3.00 bits per heavy atom. The Labute approximate surface area is 95.4 Å². The molecule has 0 spiro atoms. The van der Waals surface area contributed by atoms with Crippen LogP contribution in [-0.2, 0) is 4.74 Å². The van der Waals surface area contributed by atoms with E-state index in [1.807, 2.05) is 0 Å². The molecule has 1 aliphatic rings. The number of nitrogens with zero attached hydrogens (tertiary/aromatic N) is 2. The number of aromatic nitrogens is 2. The molecule has 2 rings (SSSR count). The van der Waals surface area contributed by atoms with Gasteiger partial charge in [-0.25, -0.2) is 9.18 Å². The fraction of sp³-hybridized carbons (Fsp3) is 0.556. The van der Waals surface area contributed by atoms with Crippen LogP contribution in [0.2, 0.25) is 0 Å². The number of anilines is 1. The molecule has 0 radical (unpaired) electrons. The quantitative estimate of drug-likeness (QED) is 0.630. The van der Waals surface area contributed by atoms with E-state index >= 15 is 0 Å². The summed E-state index contributed by atoms with van der Waals surface area (Å²) >= 11 is 0. The van der Waals surface area contributed by atoms with Crippen molar-refractivity contribution in [2.75, 3.05) is 12.1 Å². The van der Waals surface area contributed by atoms with Gasteiger partial charge in [-0.05, 0) is 6.07 Å². The second-order valence-electron chi connectivity index (χ2n) is 3.68. The summed E-state index contributed by atoms with van der Waals surface area (Å²) in [5, 5.41) is 17.4. The molecule has 94 valence electrons. The van der Waals surface area contributed by atoms with Crippen LogP contribution < -0.4 is 11.2 Å². The van der Waals surface area contributed by atoms with Crippen LogP contribution in [0, 0.1) is 0 Å². The molecule has 0 aromatic carbocycles. The Kier molecular flexibility index (Phi) is 3.36. The molecule has 0 aliphatic carbocycles. The summed E-state index contributed by atoms with van der Waals surface area (Å²) in [5.74, 6) is -0.000228. The average Bonchev–Trinajstić information content (AvgIpc) is 2.70. The third kappa shape index (κ3) is 2.28. The van der Waals surface area contributed by atoms with Crippen LogP contribution in [0.5, 0.6) is 0 Å². The molecule has 1 aromatic heterocycles. The number of alkyl halides is 1. The zero-order chi connectivity index (χ0) is 12.4. The molecule has 3 atom stereocenters. The number of aliphatic hydroxyl groups excluding tert-OH is 1. The smallest absolute Gasteiger partial charge is 0.351 e. The molecule has 8 heteroatoms. The maximum Gasteiger partial charge on any atom is 0.351 e. The van der Waals surface area contributed by atoms with Gasteiger partial charge in [0.05, 0.1) is 6.61 Å². The zero-order valence-corrected chi connectivity index (χ0v) is 8.78. The van der Waals surface area contributed by atoms with Crippen molar-refractivity contribution in [3.63, 3.8) is 0 Å². The van der Waals surface area contributed by atoms with Crippen LogP contribution in [-0.4, -0.2) is 38.7 Å². The van der Waals surface area contributed by atoms with Gasteiger partial charge in [-0.15, -0.1) is 0 Å².